The van der Waals surface area contributed by atoms with Gasteiger partial charge in [-0.3, -0.25) is 4.79 Å². The Bertz CT molecular complexity index is 325. The molecule has 0 rings (SSSR count). The molecule has 3 amide bonds. The first-order chi connectivity index (χ1) is 8.92. The third-order valence-electron chi connectivity index (χ3n) is 2.31. The zero-order valence-electron chi connectivity index (χ0n) is 11.4. The lowest BCUT2D eigenvalue weighted by Crippen LogP contribution is -2.49. The van der Waals surface area contributed by atoms with Crippen molar-refractivity contribution in [3.05, 3.63) is 0 Å². The number of rotatable bonds is 8. The van der Waals surface area contributed by atoms with E-state index in [1.165, 1.54) is 18.8 Å². The van der Waals surface area contributed by atoms with E-state index in [1.807, 2.05) is 6.26 Å². The van der Waals surface area contributed by atoms with Crippen LogP contribution in [0.15, 0.2) is 0 Å². The number of aliphatic carboxylic acids is 1. The number of nitrogens with one attached hydrogen (secondary N) is 2. The first kappa shape index (κ1) is 17.6. The molecule has 0 fully saturated rings. The van der Waals surface area contributed by atoms with Gasteiger partial charge in [0.25, 0.3) is 0 Å². The first-order valence-corrected chi connectivity index (χ1v) is 7.31. The Balaban J connectivity index is 4.30. The summed E-state index contributed by atoms with van der Waals surface area (Å²) in [5.41, 5.74) is 0. The molecule has 0 aliphatic heterocycles. The third-order valence-corrected chi connectivity index (χ3v) is 2.95. The molecule has 0 spiro atoms. The molecule has 7 nitrogen and oxygen atoms in total. The maximum Gasteiger partial charge on any atom is 0.326 e. The molecule has 110 valence electrons. The molecule has 3 N–H and O–H groups in total. The highest BCUT2D eigenvalue weighted by Gasteiger charge is 2.21. The van der Waals surface area contributed by atoms with Crippen LogP contribution in [0.5, 0.6) is 0 Å². The maximum atomic E-state index is 11.7. The lowest BCUT2D eigenvalue weighted by Gasteiger charge is -2.20. The van der Waals surface area contributed by atoms with Gasteiger partial charge in [-0.05, 0) is 25.4 Å². The molecule has 19 heavy (non-hydrogen) atoms. The molecule has 0 aliphatic carbocycles. The fraction of sp³-hybridized carbons (Fsp3) is 0.727. The summed E-state index contributed by atoms with van der Waals surface area (Å²) < 4.78 is 0. The monoisotopic (exact) mass is 291 g/mol. The van der Waals surface area contributed by atoms with Crippen molar-refractivity contribution in [3.63, 3.8) is 0 Å². The number of carboxylic acids is 1. The number of amides is 3. The fourth-order valence-corrected chi connectivity index (χ4v) is 1.76. The molecule has 0 aromatic carbocycles. The minimum atomic E-state index is -1.08. The molecule has 0 bridgehead atoms. The molecule has 0 aromatic rings. The van der Waals surface area contributed by atoms with Crippen molar-refractivity contribution in [3.8, 4) is 0 Å². The van der Waals surface area contributed by atoms with Gasteiger partial charge in [0.15, 0.2) is 0 Å². The van der Waals surface area contributed by atoms with Crippen molar-refractivity contribution in [1.82, 2.24) is 15.5 Å². The molecule has 0 saturated carbocycles. The summed E-state index contributed by atoms with van der Waals surface area (Å²) >= 11 is 1.51. The molecule has 0 aromatic heterocycles. The van der Waals surface area contributed by atoms with Crippen molar-refractivity contribution in [2.24, 2.45) is 0 Å². The van der Waals surface area contributed by atoms with E-state index in [0.717, 1.165) is 4.90 Å². The Hall–Kier alpha value is -1.44. The van der Waals surface area contributed by atoms with E-state index in [0.29, 0.717) is 18.7 Å². The highest BCUT2D eigenvalue weighted by molar-refractivity contribution is 7.98. The van der Waals surface area contributed by atoms with Gasteiger partial charge >= 0.3 is 12.0 Å². The van der Waals surface area contributed by atoms with Gasteiger partial charge in [-0.25, -0.2) is 9.59 Å². The Kier molecular flexibility index (Phi) is 8.77. The molecule has 0 heterocycles. The number of carboxylic acid groups (broad SMARTS) is 1. The van der Waals surface area contributed by atoms with E-state index in [-0.39, 0.29) is 12.5 Å². The normalized spacial score (nSPS) is 11.5. The lowest BCUT2D eigenvalue weighted by molar-refractivity contribution is -0.139. The molecule has 1 atom stereocenters. The average molecular weight is 291 g/mol. The Morgan fingerprint density at radius 1 is 1.37 bits per heavy atom. The summed E-state index contributed by atoms with van der Waals surface area (Å²) in [5, 5.41) is 13.9. The van der Waals surface area contributed by atoms with Gasteiger partial charge < -0.3 is 20.6 Å². The van der Waals surface area contributed by atoms with Crippen molar-refractivity contribution in [2.45, 2.75) is 19.4 Å². The maximum absolute atomic E-state index is 11.7. The van der Waals surface area contributed by atoms with Gasteiger partial charge in [0, 0.05) is 13.6 Å². The SMILES string of the molecule is CCNC(=O)CN(C)C(=O)N[C@H](CCSC)C(=O)O. The standard InChI is InChI=1S/C11H21N3O4S/c1-4-12-9(15)7-14(2)11(18)13-8(10(16)17)5-6-19-3/h8H,4-7H2,1-3H3,(H,12,15)(H,13,18)(H,16,17)/t8-/m1/s1. The number of urea groups is 1. The highest BCUT2D eigenvalue weighted by Crippen LogP contribution is 2.01. The number of likely N-dealkylation sites (N-methyl/N-ethyl adjacent to an activating group) is 2. The second-order valence-corrected chi connectivity index (χ2v) is 4.92. The highest BCUT2D eigenvalue weighted by atomic mass is 32.2. The van der Waals surface area contributed by atoms with Crippen molar-refractivity contribution in [2.75, 3.05) is 32.1 Å². The Morgan fingerprint density at radius 2 is 2.00 bits per heavy atom. The number of carbonyl (C=O) groups is 3. The predicted octanol–water partition coefficient (Wildman–Crippen LogP) is -0.0298. The van der Waals surface area contributed by atoms with Crippen LogP contribution in [-0.4, -0.2) is 66.1 Å². The van der Waals surface area contributed by atoms with Crippen LogP contribution in [0.2, 0.25) is 0 Å². The number of hydrogen-bond donors (Lipinski definition) is 3. The van der Waals surface area contributed by atoms with Crippen LogP contribution in [0.25, 0.3) is 0 Å². The molecular weight excluding hydrogens is 270 g/mol. The van der Waals surface area contributed by atoms with Crippen LogP contribution in [0.1, 0.15) is 13.3 Å². The zero-order chi connectivity index (χ0) is 14.8. The summed E-state index contributed by atoms with van der Waals surface area (Å²) in [5.74, 6) is -0.720. The van der Waals surface area contributed by atoms with Gasteiger partial charge in [-0.2, -0.15) is 11.8 Å². The van der Waals surface area contributed by atoms with Gasteiger partial charge in [0.1, 0.15) is 12.6 Å². The first-order valence-electron chi connectivity index (χ1n) is 5.92. The van der Waals surface area contributed by atoms with Crippen LogP contribution in [0, 0.1) is 0 Å². The fourth-order valence-electron chi connectivity index (χ4n) is 1.29. The van der Waals surface area contributed by atoms with Gasteiger partial charge in [-0.15, -0.1) is 0 Å². The lowest BCUT2D eigenvalue weighted by atomic mass is 10.2. The van der Waals surface area contributed by atoms with E-state index < -0.39 is 18.0 Å². The number of nitrogens with zero attached hydrogens (tertiary/aromatic N) is 1. The van der Waals surface area contributed by atoms with Gasteiger partial charge in [-0.1, -0.05) is 0 Å². The van der Waals surface area contributed by atoms with E-state index in [9.17, 15) is 14.4 Å². The predicted molar refractivity (Wildman–Crippen MR) is 74.3 cm³/mol. The van der Waals surface area contributed by atoms with E-state index in [2.05, 4.69) is 10.6 Å². The molecular formula is C11H21N3O4S. The van der Waals surface area contributed by atoms with Crippen LogP contribution >= 0.6 is 11.8 Å². The molecule has 0 aliphatic rings. The summed E-state index contributed by atoms with van der Waals surface area (Å²) in [4.78, 5) is 35.1. The number of thioether (sulfide) groups is 1. The average Bonchev–Trinajstić information content (AvgIpc) is 2.33. The minimum Gasteiger partial charge on any atom is -0.480 e. The van der Waals surface area contributed by atoms with Crippen LogP contribution in [0.3, 0.4) is 0 Å². The Labute approximate surface area is 117 Å². The van der Waals surface area contributed by atoms with E-state index >= 15 is 0 Å². The molecule has 0 unspecified atom stereocenters. The van der Waals surface area contributed by atoms with Crippen LogP contribution in [0.4, 0.5) is 4.79 Å². The largest absolute Gasteiger partial charge is 0.480 e. The second kappa shape index (κ2) is 9.48. The molecule has 0 radical (unpaired) electrons. The van der Waals surface area contributed by atoms with E-state index in [4.69, 9.17) is 5.11 Å². The van der Waals surface area contributed by atoms with Crippen molar-refractivity contribution < 1.29 is 19.5 Å². The zero-order valence-corrected chi connectivity index (χ0v) is 12.2. The smallest absolute Gasteiger partial charge is 0.326 e. The van der Waals surface area contributed by atoms with Gasteiger partial charge in [0.2, 0.25) is 5.91 Å². The van der Waals surface area contributed by atoms with Crippen molar-refractivity contribution >= 4 is 29.7 Å². The Morgan fingerprint density at radius 3 is 2.47 bits per heavy atom. The topological polar surface area (TPSA) is 98.7 Å². The summed E-state index contributed by atoms with van der Waals surface area (Å²) in [7, 11) is 1.44. The third kappa shape index (κ3) is 7.55. The van der Waals surface area contributed by atoms with E-state index in [1.54, 1.807) is 6.92 Å². The minimum absolute atomic E-state index is 0.103. The summed E-state index contributed by atoms with van der Waals surface area (Å²) in [6.07, 6.45) is 2.21. The summed E-state index contributed by atoms with van der Waals surface area (Å²) in [6, 6.07) is -1.50. The number of carbonyl (C=O) groups excluding carboxylic acids is 2. The van der Waals surface area contributed by atoms with Crippen molar-refractivity contribution in [1.29, 1.82) is 0 Å². The molecule has 0 saturated heterocycles. The summed E-state index contributed by atoms with van der Waals surface area (Å²) in [6.45, 7) is 2.16. The second-order valence-electron chi connectivity index (χ2n) is 3.93. The van der Waals surface area contributed by atoms with Crippen LogP contribution < -0.4 is 10.6 Å². The number of hydrogen-bond acceptors (Lipinski definition) is 4. The van der Waals surface area contributed by atoms with Gasteiger partial charge in [0.05, 0.1) is 0 Å². The quantitative estimate of drug-likeness (QED) is 0.583. The molecule has 8 heteroatoms. The van der Waals surface area contributed by atoms with Crippen LogP contribution in [-0.2, 0) is 9.59 Å².